The molecule has 1 unspecified atom stereocenters. The van der Waals surface area contributed by atoms with Crippen LogP contribution in [-0.2, 0) is 0 Å². The van der Waals surface area contributed by atoms with Gasteiger partial charge >= 0.3 is 0 Å². The number of hydrogen-bond donors (Lipinski definition) is 1. The smallest absolute Gasteiger partial charge is 0.173 e. The van der Waals surface area contributed by atoms with Gasteiger partial charge in [-0.25, -0.2) is 4.39 Å². The molecule has 0 aliphatic heterocycles. The van der Waals surface area contributed by atoms with Crippen molar-refractivity contribution in [3.8, 4) is 5.69 Å². The van der Waals surface area contributed by atoms with Crippen molar-refractivity contribution in [3.63, 3.8) is 0 Å². The lowest BCUT2D eigenvalue weighted by Gasteiger charge is -2.15. The number of aromatic nitrogens is 4. The summed E-state index contributed by atoms with van der Waals surface area (Å²) in [4.78, 5) is 0. The van der Waals surface area contributed by atoms with E-state index in [2.05, 4.69) is 34.7 Å². The third-order valence-electron chi connectivity index (χ3n) is 2.81. The van der Waals surface area contributed by atoms with Gasteiger partial charge in [-0.15, -0.1) is 5.10 Å². The molecule has 0 aliphatic carbocycles. The Bertz CT molecular complexity index is 564. The highest BCUT2D eigenvalue weighted by Crippen LogP contribution is 2.19. The first-order valence-corrected chi connectivity index (χ1v) is 6.83. The van der Waals surface area contributed by atoms with Crippen molar-refractivity contribution in [1.82, 2.24) is 25.5 Å². The highest BCUT2D eigenvalue weighted by atomic mass is 35.5. The molecule has 0 bridgehead atoms. The van der Waals surface area contributed by atoms with E-state index in [1.807, 2.05) is 6.92 Å². The van der Waals surface area contributed by atoms with Gasteiger partial charge < -0.3 is 5.32 Å². The predicted octanol–water partition coefficient (Wildman–Crippen LogP) is 2.76. The fourth-order valence-corrected chi connectivity index (χ4v) is 2.03. The molecule has 5 nitrogen and oxygen atoms in total. The Morgan fingerprint density at radius 2 is 2.05 bits per heavy atom. The van der Waals surface area contributed by atoms with Crippen molar-refractivity contribution in [2.45, 2.75) is 26.8 Å². The van der Waals surface area contributed by atoms with E-state index in [0.717, 1.165) is 6.54 Å². The summed E-state index contributed by atoms with van der Waals surface area (Å²) in [5, 5.41) is 15.2. The van der Waals surface area contributed by atoms with Crippen LogP contribution in [0.3, 0.4) is 0 Å². The molecule has 0 fully saturated rings. The quantitative estimate of drug-likeness (QED) is 0.922. The third kappa shape index (κ3) is 3.52. The van der Waals surface area contributed by atoms with Crippen LogP contribution in [0.4, 0.5) is 4.39 Å². The minimum Gasteiger partial charge on any atom is -0.307 e. The number of nitrogens with zero attached hydrogens (tertiary/aromatic N) is 4. The highest BCUT2D eigenvalue weighted by Gasteiger charge is 2.16. The largest absolute Gasteiger partial charge is 0.307 e. The Hall–Kier alpha value is -1.53. The van der Waals surface area contributed by atoms with E-state index in [1.165, 1.54) is 16.8 Å². The summed E-state index contributed by atoms with van der Waals surface area (Å²) >= 11 is 5.86. The second-order valence-corrected chi connectivity index (χ2v) is 5.54. The van der Waals surface area contributed by atoms with Crippen molar-refractivity contribution in [2.24, 2.45) is 5.92 Å². The summed E-state index contributed by atoms with van der Waals surface area (Å²) in [6.07, 6.45) is 0. The summed E-state index contributed by atoms with van der Waals surface area (Å²) in [6.45, 7) is 7.05. The molecule has 1 aromatic heterocycles. The number of nitrogens with one attached hydrogen (secondary N) is 1. The molecular weight excluding hydrogens is 281 g/mol. The summed E-state index contributed by atoms with van der Waals surface area (Å²) in [6, 6.07) is 4.17. The zero-order valence-electron chi connectivity index (χ0n) is 11.6. The lowest BCUT2D eigenvalue weighted by molar-refractivity contribution is 0.474. The molecule has 0 aliphatic rings. The van der Waals surface area contributed by atoms with Crippen molar-refractivity contribution in [1.29, 1.82) is 0 Å². The van der Waals surface area contributed by atoms with E-state index in [9.17, 15) is 4.39 Å². The fourth-order valence-electron chi connectivity index (χ4n) is 1.81. The molecule has 0 radical (unpaired) electrons. The van der Waals surface area contributed by atoms with Crippen LogP contribution in [-0.4, -0.2) is 26.8 Å². The summed E-state index contributed by atoms with van der Waals surface area (Å²) < 4.78 is 14.9. The van der Waals surface area contributed by atoms with Gasteiger partial charge in [-0.3, -0.25) is 0 Å². The van der Waals surface area contributed by atoms with Gasteiger partial charge in [0.05, 0.1) is 11.7 Å². The predicted molar refractivity (Wildman–Crippen MR) is 75.4 cm³/mol. The first kappa shape index (κ1) is 14.9. The normalized spacial score (nSPS) is 12.9. The summed E-state index contributed by atoms with van der Waals surface area (Å²) in [7, 11) is 0. The molecule has 2 aromatic rings. The molecule has 1 atom stereocenters. The Morgan fingerprint density at radius 3 is 2.70 bits per heavy atom. The Kier molecular flexibility index (Phi) is 4.67. The maximum Gasteiger partial charge on any atom is 0.173 e. The lowest BCUT2D eigenvalue weighted by Crippen LogP contribution is -2.25. The molecule has 0 saturated carbocycles. The van der Waals surface area contributed by atoms with E-state index in [1.54, 1.807) is 6.07 Å². The molecule has 1 N–H and O–H groups in total. The van der Waals surface area contributed by atoms with Crippen molar-refractivity contribution >= 4 is 11.6 Å². The highest BCUT2D eigenvalue weighted by molar-refractivity contribution is 6.30. The van der Waals surface area contributed by atoms with Crippen LogP contribution in [0.2, 0.25) is 5.02 Å². The van der Waals surface area contributed by atoms with Crippen molar-refractivity contribution in [3.05, 3.63) is 34.9 Å². The van der Waals surface area contributed by atoms with E-state index in [4.69, 9.17) is 11.6 Å². The lowest BCUT2D eigenvalue weighted by atomic mass is 10.2. The van der Waals surface area contributed by atoms with Crippen LogP contribution in [0.15, 0.2) is 18.2 Å². The number of tetrazole rings is 1. The number of hydrogen-bond acceptors (Lipinski definition) is 4. The molecule has 0 spiro atoms. The van der Waals surface area contributed by atoms with E-state index >= 15 is 0 Å². The van der Waals surface area contributed by atoms with Gasteiger partial charge in [0.2, 0.25) is 0 Å². The second-order valence-electron chi connectivity index (χ2n) is 5.10. The topological polar surface area (TPSA) is 55.6 Å². The maximum atomic E-state index is 13.4. The molecule has 1 heterocycles. The van der Waals surface area contributed by atoms with Gasteiger partial charge in [0.15, 0.2) is 5.82 Å². The molecule has 2 rings (SSSR count). The van der Waals surface area contributed by atoms with Gasteiger partial charge in [-0.1, -0.05) is 25.4 Å². The first-order valence-electron chi connectivity index (χ1n) is 6.45. The van der Waals surface area contributed by atoms with Crippen LogP contribution in [0.5, 0.6) is 0 Å². The zero-order chi connectivity index (χ0) is 14.7. The number of halogens is 2. The van der Waals surface area contributed by atoms with Crippen molar-refractivity contribution in [2.75, 3.05) is 6.54 Å². The van der Waals surface area contributed by atoms with Crippen LogP contribution in [0.25, 0.3) is 5.69 Å². The molecule has 0 amide bonds. The fraction of sp³-hybridized carbons (Fsp3) is 0.462. The number of benzene rings is 1. The first-order chi connectivity index (χ1) is 9.47. The summed E-state index contributed by atoms with van der Waals surface area (Å²) in [5.74, 6) is 0.717. The monoisotopic (exact) mass is 297 g/mol. The average molecular weight is 298 g/mol. The van der Waals surface area contributed by atoms with Gasteiger partial charge in [0.25, 0.3) is 0 Å². The molecular formula is C13H17ClFN5. The molecule has 20 heavy (non-hydrogen) atoms. The average Bonchev–Trinajstić information content (AvgIpc) is 2.83. The Morgan fingerprint density at radius 1 is 1.30 bits per heavy atom. The number of rotatable bonds is 5. The van der Waals surface area contributed by atoms with Crippen LogP contribution in [0, 0.1) is 11.7 Å². The SMILES string of the molecule is CC(C)CNC(C)c1nnnn1-c1cc(F)cc(Cl)c1. The van der Waals surface area contributed by atoms with Gasteiger partial charge in [0.1, 0.15) is 5.82 Å². The van der Waals surface area contributed by atoms with Gasteiger partial charge in [-0.2, -0.15) is 4.68 Å². The second kappa shape index (κ2) is 6.28. The third-order valence-corrected chi connectivity index (χ3v) is 3.02. The zero-order valence-corrected chi connectivity index (χ0v) is 12.4. The minimum atomic E-state index is -0.420. The van der Waals surface area contributed by atoms with Crippen LogP contribution < -0.4 is 5.32 Å². The molecule has 1 aromatic carbocycles. The maximum absolute atomic E-state index is 13.4. The van der Waals surface area contributed by atoms with E-state index < -0.39 is 5.82 Å². The Balaban J connectivity index is 2.27. The van der Waals surface area contributed by atoms with Gasteiger partial charge in [-0.05, 0) is 48.0 Å². The molecule has 0 saturated heterocycles. The standard InChI is InChI=1S/C13H17ClFN5/c1-8(2)7-16-9(3)13-17-18-19-20(13)12-5-10(14)4-11(15)6-12/h4-6,8-9,16H,7H2,1-3H3. The van der Waals surface area contributed by atoms with E-state index in [0.29, 0.717) is 22.5 Å². The Labute approximate surface area is 122 Å². The van der Waals surface area contributed by atoms with Crippen molar-refractivity contribution < 1.29 is 4.39 Å². The van der Waals surface area contributed by atoms with Crippen LogP contribution >= 0.6 is 11.6 Å². The molecule has 7 heteroatoms. The van der Waals surface area contributed by atoms with Gasteiger partial charge in [0, 0.05) is 5.02 Å². The summed E-state index contributed by atoms with van der Waals surface area (Å²) in [5.41, 5.74) is 0.508. The van der Waals surface area contributed by atoms with E-state index in [-0.39, 0.29) is 6.04 Å². The minimum absolute atomic E-state index is 0.0468. The van der Waals surface area contributed by atoms with Crippen LogP contribution in [0.1, 0.15) is 32.6 Å². The molecule has 108 valence electrons.